The van der Waals surface area contributed by atoms with Crippen molar-refractivity contribution in [3.05, 3.63) is 12.0 Å². The Kier molecular flexibility index (Phi) is 2.88. The van der Waals surface area contributed by atoms with E-state index in [9.17, 15) is 4.39 Å². The molecule has 0 aliphatic rings. The van der Waals surface area contributed by atoms with Crippen molar-refractivity contribution in [2.45, 2.75) is 20.8 Å². The SMILES string of the molecule is CC(C)(C)COc1nc(N)ncc1F. The minimum absolute atomic E-state index is 0.00955. The molecule has 2 N–H and O–H groups in total. The van der Waals surface area contributed by atoms with Gasteiger partial charge in [-0.1, -0.05) is 20.8 Å². The average molecular weight is 199 g/mol. The Morgan fingerprint density at radius 3 is 2.71 bits per heavy atom. The lowest BCUT2D eigenvalue weighted by molar-refractivity contribution is 0.184. The molecule has 4 nitrogen and oxygen atoms in total. The van der Waals surface area contributed by atoms with Gasteiger partial charge < -0.3 is 10.5 Å². The molecule has 0 amide bonds. The van der Waals surface area contributed by atoms with Crippen molar-refractivity contribution < 1.29 is 9.13 Å². The van der Waals surface area contributed by atoms with Crippen LogP contribution in [-0.4, -0.2) is 16.6 Å². The van der Waals surface area contributed by atoms with Crippen LogP contribution in [0.5, 0.6) is 5.88 Å². The molecular formula is C9H14FN3O. The maximum absolute atomic E-state index is 13.0. The number of halogens is 1. The lowest BCUT2D eigenvalue weighted by Crippen LogP contribution is -2.18. The van der Waals surface area contributed by atoms with E-state index in [2.05, 4.69) is 9.97 Å². The highest BCUT2D eigenvalue weighted by molar-refractivity contribution is 5.22. The zero-order valence-corrected chi connectivity index (χ0v) is 8.54. The third-order valence-corrected chi connectivity index (χ3v) is 1.37. The van der Waals surface area contributed by atoms with Crippen LogP contribution >= 0.6 is 0 Å². The number of nitrogens with two attached hydrogens (primary N) is 1. The minimum atomic E-state index is -0.594. The molecule has 0 aliphatic heterocycles. The zero-order chi connectivity index (χ0) is 10.8. The molecule has 5 heteroatoms. The Morgan fingerprint density at radius 1 is 1.50 bits per heavy atom. The molecule has 0 bridgehead atoms. The Morgan fingerprint density at radius 2 is 2.14 bits per heavy atom. The lowest BCUT2D eigenvalue weighted by atomic mass is 9.99. The van der Waals surface area contributed by atoms with Crippen molar-refractivity contribution in [3.63, 3.8) is 0 Å². The number of ether oxygens (including phenoxy) is 1. The number of rotatable bonds is 2. The van der Waals surface area contributed by atoms with Gasteiger partial charge in [0, 0.05) is 0 Å². The van der Waals surface area contributed by atoms with Gasteiger partial charge in [-0.25, -0.2) is 4.98 Å². The van der Waals surface area contributed by atoms with Crippen molar-refractivity contribution in [3.8, 4) is 5.88 Å². The van der Waals surface area contributed by atoms with E-state index >= 15 is 0 Å². The summed E-state index contributed by atoms with van der Waals surface area (Å²) in [6.07, 6.45) is 1.00. The number of hydrogen-bond acceptors (Lipinski definition) is 4. The molecule has 0 fully saturated rings. The highest BCUT2D eigenvalue weighted by Crippen LogP contribution is 2.18. The molecular weight excluding hydrogens is 185 g/mol. The molecule has 1 heterocycles. The third-order valence-electron chi connectivity index (χ3n) is 1.37. The molecule has 0 saturated heterocycles. The van der Waals surface area contributed by atoms with E-state index in [1.807, 2.05) is 20.8 Å². The van der Waals surface area contributed by atoms with Crippen LogP contribution < -0.4 is 10.5 Å². The molecule has 0 aliphatic carbocycles. The average Bonchev–Trinajstić information content (AvgIpc) is 2.05. The summed E-state index contributed by atoms with van der Waals surface area (Å²) in [6, 6.07) is 0. The predicted octanol–water partition coefficient (Wildman–Crippen LogP) is 1.62. The molecule has 1 rings (SSSR count). The highest BCUT2D eigenvalue weighted by Gasteiger charge is 2.14. The monoisotopic (exact) mass is 199 g/mol. The Labute approximate surface area is 82.3 Å². The smallest absolute Gasteiger partial charge is 0.255 e. The van der Waals surface area contributed by atoms with Crippen LogP contribution in [-0.2, 0) is 0 Å². The number of aromatic nitrogens is 2. The molecule has 0 saturated carbocycles. The van der Waals surface area contributed by atoms with E-state index in [1.165, 1.54) is 0 Å². The van der Waals surface area contributed by atoms with Gasteiger partial charge in [-0.15, -0.1) is 0 Å². The van der Waals surface area contributed by atoms with Crippen molar-refractivity contribution in [1.82, 2.24) is 9.97 Å². The first-order valence-corrected chi connectivity index (χ1v) is 4.29. The van der Waals surface area contributed by atoms with Crippen LogP contribution in [0.1, 0.15) is 20.8 Å². The summed E-state index contributed by atoms with van der Waals surface area (Å²) in [4.78, 5) is 7.14. The maximum Gasteiger partial charge on any atom is 0.255 e. The fourth-order valence-electron chi connectivity index (χ4n) is 0.750. The number of hydrogen-bond donors (Lipinski definition) is 1. The minimum Gasteiger partial charge on any atom is -0.475 e. The van der Waals surface area contributed by atoms with Gasteiger partial charge in [0.05, 0.1) is 12.8 Å². The van der Waals surface area contributed by atoms with E-state index < -0.39 is 5.82 Å². The summed E-state index contributed by atoms with van der Waals surface area (Å²) in [6.45, 7) is 6.32. The van der Waals surface area contributed by atoms with Crippen molar-refractivity contribution >= 4 is 5.95 Å². The fourth-order valence-corrected chi connectivity index (χ4v) is 0.750. The van der Waals surface area contributed by atoms with Gasteiger partial charge >= 0.3 is 0 Å². The van der Waals surface area contributed by atoms with Gasteiger partial charge in [-0.3, -0.25) is 0 Å². The summed E-state index contributed by atoms with van der Waals surface area (Å²) in [7, 11) is 0. The molecule has 14 heavy (non-hydrogen) atoms. The van der Waals surface area contributed by atoms with E-state index in [0.717, 1.165) is 6.20 Å². The first kappa shape index (κ1) is 10.7. The van der Waals surface area contributed by atoms with Crippen molar-refractivity contribution in [2.75, 3.05) is 12.3 Å². The highest BCUT2D eigenvalue weighted by atomic mass is 19.1. The standard InChI is InChI=1S/C9H14FN3O/c1-9(2,3)5-14-7-6(10)4-12-8(11)13-7/h4H,5H2,1-3H3,(H2,11,12,13). The van der Waals surface area contributed by atoms with Gasteiger partial charge in [0.15, 0.2) is 0 Å². The van der Waals surface area contributed by atoms with Crippen LogP contribution in [0.2, 0.25) is 0 Å². The maximum atomic E-state index is 13.0. The van der Waals surface area contributed by atoms with E-state index in [1.54, 1.807) is 0 Å². The third kappa shape index (κ3) is 3.16. The van der Waals surface area contributed by atoms with Gasteiger partial charge in [0.25, 0.3) is 5.88 Å². The number of nitrogens with zero attached hydrogens (tertiary/aromatic N) is 2. The molecule has 0 unspecified atom stereocenters. The fraction of sp³-hybridized carbons (Fsp3) is 0.556. The van der Waals surface area contributed by atoms with E-state index in [-0.39, 0.29) is 17.2 Å². The van der Waals surface area contributed by atoms with Crippen LogP contribution in [0.15, 0.2) is 6.20 Å². The van der Waals surface area contributed by atoms with Gasteiger partial charge in [0.1, 0.15) is 0 Å². The first-order chi connectivity index (χ1) is 6.38. The van der Waals surface area contributed by atoms with Gasteiger partial charge in [-0.05, 0) is 5.41 Å². The number of anilines is 1. The molecule has 1 aromatic heterocycles. The van der Waals surface area contributed by atoms with Crippen molar-refractivity contribution in [1.29, 1.82) is 0 Å². The topological polar surface area (TPSA) is 61.0 Å². The van der Waals surface area contributed by atoms with Crippen LogP contribution in [0.4, 0.5) is 10.3 Å². The largest absolute Gasteiger partial charge is 0.475 e. The van der Waals surface area contributed by atoms with Gasteiger partial charge in [0.2, 0.25) is 11.8 Å². The van der Waals surface area contributed by atoms with Crippen LogP contribution in [0.25, 0.3) is 0 Å². The zero-order valence-electron chi connectivity index (χ0n) is 8.54. The van der Waals surface area contributed by atoms with Crippen molar-refractivity contribution in [2.24, 2.45) is 5.41 Å². The molecule has 0 spiro atoms. The molecule has 0 atom stereocenters. The lowest BCUT2D eigenvalue weighted by Gasteiger charge is -2.18. The van der Waals surface area contributed by atoms with Crippen LogP contribution in [0.3, 0.4) is 0 Å². The second-order valence-electron chi connectivity index (χ2n) is 4.23. The van der Waals surface area contributed by atoms with Gasteiger partial charge in [-0.2, -0.15) is 9.37 Å². The quantitative estimate of drug-likeness (QED) is 0.786. The summed E-state index contributed by atoms with van der Waals surface area (Å²) in [5.41, 5.74) is 5.25. The summed E-state index contributed by atoms with van der Waals surface area (Å²) >= 11 is 0. The first-order valence-electron chi connectivity index (χ1n) is 4.29. The Hall–Kier alpha value is -1.39. The van der Waals surface area contributed by atoms with Crippen LogP contribution in [0, 0.1) is 11.2 Å². The summed E-state index contributed by atoms with van der Waals surface area (Å²) < 4.78 is 18.2. The van der Waals surface area contributed by atoms with E-state index in [0.29, 0.717) is 6.61 Å². The molecule has 1 aromatic rings. The molecule has 78 valence electrons. The van der Waals surface area contributed by atoms with E-state index in [4.69, 9.17) is 10.5 Å². The Bertz CT molecular complexity index is 322. The second kappa shape index (κ2) is 3.77. The normalized spacial score (nSPS) is 11.4. The molecule has 0 aromatic carbocycles. The number of nitrogen functional groups attached to an aromatic ring is 1. The predicted molar refractivity (Wildman–Crippen MR) is 51.4 cm³/mol. The molecule has 0 radical (unpaired) electrons. The summed E-state index contributed by atoms with van der Waals surface area (Å²) in [5, 5.41) is 0. The second-order valence-corrected chi connectivity index (χ2v) is 4.23. The Balaban J connectivity index is 2.72. The summed E-state index contributed by atoms with van der Waals surface area (Å²) in [5.74, 6) is -0.675.